The number of fused-ring (bicyclic) bond motifs is 1. The van der Waals surface area contributed by atoms with Crippen LogP contribution in [0.15, 0.2) is 11.3 Å². The lowest BCUT2D eigenvalue weighted by Gasteiger charge is -2.28. The van der Waals surface area contributed by atoms with Crippen molar-refractivity contribution in [3.63, 3.8) is 0 Å². The molecule has 0 radical (unpaired) electrons. The molecule has 15 heavy (non-hydrogen) atoms. The van der Waals surface area contributed by atoms with Crippen molar-refractivity contribution in [3.05, 3.63) is 12.2 Å². The van der Waals surface area contributed by atoms with Crippen molar-refractivity contribution in [1.82, 2.24) is 19.7 Å². The quantitative estimate of drug-likeness (QED) is 0.513. The molecule has 0 saturated carbocycles. The third-order valence-electron chi connectivity index (χ3n) is 2.35. The first-order valence-corrected chi connectivity index (χ1v) is 5.11. The van der Waals surface area contributed by atoms with Crippen molar-refractivity contribution in [3.8, 4) is 0 Å². The van der Waals surface area contributed by atoms with E-state index in [9.17, 15) is 0 Å². The maximum absolute atomic E-state index is 5.89. The Morgan fingerprint density at radius 1 is 1.53 bits per heavy atom. The third kappa shape index (κ3) is 2.08. The van der Waals surface area contributed by atoms with Crippen molar-refractivity contribution >= 4 is 5.96 Å². The van der Waals surface area contributed by atoms with Gasteiger partial charge in [-0.3, -0.25) is 4.99 Å². The molecular formula is C9H16N6. The van der Waals surface area contributed by atoms with Gasteiger partial charge in [0.1, 0.15) is 6.33 Å². The van der Waals surface area contributed by atoms with E-state index in [1.54, 1.807) is 6.33 Å². The van der Waals surface area contributed by atoms with Gasteiger partial charge in [0.15, 0.2) is 11.8 Å². The molecule has 1 aromatic rings. The fraction of sp³-hybridized carbons (Fsp3) is 0.667. The molecular weight excluding hydrogens is 192 g/mol. The number of guanidine groups is 1. The van der Waals surface area contributed by atoms with Crippen molar-refractivity contribution in [2.75, 3.05) is 6.54 Å². The molecule has 0 aromatic carbocycles. The largest absolute Gasteiger partial charge is 0.370 e. The summed E-state index contributed by atoms with van der Waals surface area (Å²) in [4.78, 5) is 6.35. The summed E-state index contributed by atoms with van der Waals surface area (Å²) in [6.45, 7) is 6.46. The summed E-state index contributed by atoms with van der Waals surface area (Å²) in [7, 11) is 0. The first-order chi connectivity index (χ1) is 7.16. The number of rotatable bonds is 1. The lowest BCUT2D eigenvalue weighted by Crippen LogP contribution is -2.43. The monoisotopic (exact) mass is 208 g/mol. The van der Waals surface area contributed by atoms with Crippen LogP contribution in [0.4, 0.5) is 0 Å². The average Bonchev–Trinajstić information content (AvgIpc) is 2.62. The first kappa shape index (κ1) is 9.95. The van der Waals surface area contributed by atoms with Crippen molar-refractivity contribution in [2.24, 2.45) is 10.7 Å². The minimum Gasteiger partial charge on any atom is -0.370 e. The highest BCUT2D eigenvalue weighted by molar-refractivity contribution is 5.78. The van der Waals surface area contributed by atoms with E-state index in [0.717, 1.165) is 18.9 Å². The molecule has 0 spiro atoms. The van der Waals surface area contributed by atoms with Crippen LogP contribution in [-0.2, 0) is 13.1 Å². The topological polar surface area (TPSA) is 72.3 Å². The Bertz CT molecular complexity index is 366. The van der Waals surface area contributed by atoms with E-state index >= 15 is 0 Å². The predicted molar refractivity (Wildman–Crippen MR) is 57.2 cm³/mol. The minimum atomic E-state index is 0.227. The smallest absolute Gasteiger partial charge is 0.191 e. The molecule has 0 amide bonds. The molecule has 1 aromatic heterocycles. The van der Waals surface area contributed by atoms with Gasteiger partial charge >= 0.3 is 0 Å². The molecule has 6 nitrogen and oxygen atoms in total. The van der Waals surface area contributed by atoms with Gasteiger partial charge in [-0.05, 0) is 13.8 Å². The molecule has 2 rings (SSSR count). The minimum absolute atomic E-state index is 0.227. The van der Waals surface area contributed by atoms with Crippen LogP contribution in [0.3, 0.4) is 0 Å². The standard InChI is InChI=1S/C9H16N6/c1-7(2)12-9(10)14-3-4-15-6-11-13-8(15)5-14/h6-7H,3-5H2,1-2H3,(H2,10,12). The number of aliphatic imine (C=N–C) groups is 1. The highest BCUT2D eigenvalue weighted by Gasteiger charge is 2.18. The SMILES string of the molecule is CC(C)N=C(N)N1CCn2cnnc2C1. The van der Waals surface area contributed by atoms with E-state index in [1.165, 1.54) is 0 Å². The lowest BCUT2D eigenvalue weighted by atomic mass is 10.3. The lowest BCUT2D eigenvalue weighted by molar-refractivity contribution is 0.325. The van der Waals surface area contributed by atoms with Crippen molar-refractivity contribution < 1.29 is 0 Å². The number of nitrogens with zero attached hydrogens (tertiary/aromatic N) is 5. The summed E-state index contributed by atoms with van der Waals surface area (Å²) in [5, 5.41) is 7.89. The van der Waals surface area contributed by atoms with Gasteiger partial charge in [0, 0.05) is 19.1 Å². The summed E-state index contributed by atoms with van der Waals surface area (Å²) >= 11 is 0. The fourth-order valence-corrected chi connectivity index (χ4v) is 1.61. The van der Waals surface area contributed by atoms with Gasteiger partial charge in [-0.25, -0.2) is 0 Å². The van der Waals surface area contributed by atoms with Crippen LogP contribution in [0, 0.1) is 0 Å². The van der Waals surface area contributed by atoms with Crippen LogP contribution in [-0.4, -0.2) is 38.2 Å². The number of hydrogen-bond acceptors (Lipinski definition) is 3. The predicted octanol–water partition coefficient (Wildman–Crippen LogP) is -0.183. The van der Waals surface area contributed by atoms with Gasteiger partial charge in [-0.1, -0.05) is 0 Å². The highest BCUT2D eigenvalue weighted by atomic mass is 15.4. The summed E-state index contributed by atoms with van der Waals surface area (Å²) in [5.74, 6) is 1.54. The average molecular weight is 208 g/mol. The fourth-order valence-electron chi connectivity index (χ4n) is 1.61. The Morgan fingerprint density at radius 2 is 2.33 bits per heavy atom. The Labute approximate surface area is 88.8 Å². The number of nitrogens with two attached hydrogens (primary N) is 1. The van der Waals surface area contributed by atoms with Crippen LogP contribution < -0.4 is 5.73 Å². The molecule has 0 atom stereocenters. The highest BCUT2D eigenvalue weighted by Crippen LogP contribution is 2.08. The Kier molecular flexibility index (Phi) is 2.57. The first-order valence-electron chi connectivity index (χ1n) is 5.11. The molecule has 2 heterocycles. The molecule has 1 aliphatic rings. The number of hydrogen-bond donors (Lipinski definition) is 1. The third-order valence-corrected chi connectivity index (χ3v) is 2.35. The Morgan fingerprint density at radius 3 is 3.07 bits per heavy atom. The van der Waals surface area contributed by atoms with Gasteiger partial charge in [0.2, 0.25) is 0 Å². The zero-order valence-corrected chi connectivity index (χ0v) is 9.09. The summed E-state index contributed by atoms with van der Waals surface area (Å²) in [6, 6.07) is 0.227. The molecule has 82 valence electrons. The second-order valence-corrected chi connectivity index (χ2v) is 3.94. The normalized spacial score (nSPS) is 17.0. The number of aromatic nitrogens is 3. The molecule has 6 heteroatoms. The summed E-state index contributed by atoms with van der Waals surface area (Å²) in [5.41, 5.74) is 5.89. The van der Waals surface area contributed by atoms with E-state index in [-0.39, 0.29) is 6.04 Å². The van der Waals surface area contributed by atoms with Crippen LogP contribution >= 0.6 is 0 Å². The van der Waals surface area contributed by atoms with Crippen molar-refractivity contribution in [2.45, 2.75) is 33.0 Å². The van der Waals surface area contributed by atoms with Gasteiger partial charge in [0.05, 0.1) is 6.54 Å². The maximum Gasteiger partial charge on any atom is 0.191 e. The molecule has 0 saturated heterocycles. The van der Waals surface area contributed by atoms with Crippen LogP contribution in [0.25, 0.3) is 0 Å². The van der Waals surface area contributed by atoms with E-state index < -0.39 is 0 Å². The second kappa shape index (κ2) is 3.88. The Hall–Kier alpha value is -1.59. The second-order valence-electron chi connectivity index (χ2n) is 3.94. The van der Waals surface area contributed by atoms with Crippen LogP contribution in [0.5, 0.6) is 0 Å². The van der Waals surface area contributed by atoms with Gasteiger partial charge < -0.3 is 15.2 Å². The molecule has 2 N–H and O–H groups in total. The molecule has 0 aliphatic carbocycles. The van der Waals surface area contributed by atoms with Gasteiger partial charge in [-0.2, -0.15) is 0 Å². The van der Waals surface area contributed by atoms with Crippen LogP contribution in [0.2, 0.25) is 0 Å². The molecule has 0 bridgehead atoms. The van der Waals surface area contributed by atoms with Crippen molar-refractivity contribution in [1.29, 1.82) is 0 Å². The van der Waals surface area contributed by atoms with Gasteiger partial charge in [0.25, 0.3) is 0 Å². The Balaban J connectivity index is 2.10. The van der Waals surface area contributed by atoms with E-state index in [2.05, 4.69) is 15.2 Å². The molecule has 1 aliphatic heterocycles. The van der Waals surface area contributed by atoms with E-state index in [1.807, 2.05) is 23.3 Å². The zero-order chi connectivity index (χ0) is 10.8. The van der Waals surface area contributed by atoms with Crippen LogP contribution in [0.1, 0.15) is 19.7 Å². The summed E-state index contributed by atoms with van der Waals surface area (Å²) in [6.07, 6.45) is 1.75. The molecule has 0 fully saturated rings. The van der Waals surface area contributed by atoms with E-state index in [0.29, 0.717) is 12.5 Å². The van der Waals surface area contributed by atoms with E-state index in [4.69, 9.17) is 5.73 Å². The molecule has 0 unspecified atom stereocenters. The zero-order valence-electron chi connectivity index (χ0n) is 9.09. The maximum atomic E-state index is 5.89. The summed E-state index contributed by atoms with van der Waals surface area (Å²) < 4.78 is 2.04. The van der Waals surface area contributed by atoms with Gasteiger partial charge in [-0.15, -0.1) is 10.2 Å².